The zero-order valence-corrected chi connectivity index (χ0v) is 16.0. The van der Waals surface area contributed by atoms with Crippen LogP contribution in [-0.4, -0.2) is 22.8 Å². The van der Waals surface area contributed by atoms with Gasteiger partial charge in [0.2, 0.25) is 11.8 Å². The number of amides is 2. The molecule has 7 nitrogen and oxygen atoms in total. The molecule has 0 bridgehead atoms. The SMILES string of the molecule is CC(=O)NC(C(=O)NCc1ccc(OCc2cccc(F)c2)c(N)c1)C(N)=S. The highest BCUT2D eigenvalue weighted by atomic mass is 32.1. The summed E-state index contributed by atoms with van der Waals surface area (Å²) in [5.41, 5.74) is 13.2. The summed E-state index contributed by atoms with van der Waals surface area (Å²) in [7, 11) is 0. The second-order valence-electron chi connectivity index (χ2n) is 6.04. The summed E-state index contributed by atoms with van der Waals surface area (Å²) in [5, 5.41) is 5.02. The maximum absolute atomic E-state index is 13.2. The van der Waals surface area contributed by atoms with E-state index in [-0.39, 0.29) is 24.0 Å². The molecule has 9 heteroatoms. The van der Waals surface area contributed by atoms with Crippen LogP contribution in [0.3, 0.4) is 0 Å². The number of rotatable bonds is 8. The fourth-order valence-corrected chi connectivity index (χ4v) is 2.55. The van der Waals surface area contributed by atoms with Crippen LogP contribution in [0.4, 0.5) is 10.1 Å². The van der Waals surface area contributed by atoms with Crippen LogP contribution in [0.1, 0.15) is 18.1 Å². The van der Waals surface area contributed by atoms with Crippen molar-refractivity contribution in [1.29, 1.82) is 0 Å². The van der Waals surface area contributed by atoms with Gasteiger partial charge in [-0.3, -0.25) is 9.59 Å². The molecular formula is C19H21FN4O3S. The average Bonchev–Trinajstić information content (AvgIpc) is 2.63. The van der Waals surface area contributed by atoms with Crippen molar-refractivity contribution in [3.05, 3.63) is 59.4 Å². The fraction of sp³-hybridized carbons (Fsp3) is 0.211. The summed E-state index contributed by atoms with van der Waals surface area (Å²) >= 11 is 4.80. The lowest BCUT2D eigenvalue weighted by Crippen LogP contribution is -2.52. The number of ether oxygens (including phenoxy) is 1. The minimum absolute atomic E-state index is 0.131. The van der Waals surface area contributed by atoms with Gasteiger partial charge in [0.25, 0.3) is 0 Å². The summed E-state index contributed by atoms with van der Waals surface area (Å²) in [6, 6.07) is 10.0. The first-order valence-electron chi connectivity index (χ1n) is 8.36. The molecule has 0 heterocycles. The van der Waals surface area contributed by atoms with E-state index in [1.165, 1.54) is 19.1 Å². The molecule has 28 heavy (non-hydrogen) atoms. The molecule has 0 saturated heterocycles. The van der Waals surface area contributed by atoms with E-state index in [0.29, 0.717) is 22.6 Å². The third kappa shape index (κ3) is 6.20. The van der Waals surface area contributed by atoms with Gasteiger partial charge in [0.15, 0.2) is 6.04 Å². The monoisotopic (exact) mass is 404 g/mol. The van der Waals surface area contributed by atoms with Gasteiger partial charge in [0.1, 0.15) is 23.2 Å². The number of hydrogen-bond donors (Lipinski definition) is 4. The Labute approximate surface area is 167 Å². The predicted molar refractivity (Wildman–Crippen MR) is 108 cm³/mol. The van der Waals surface area contributed by atoms with Gasteiger partial charge in [0, 0.05) is 13.5 Å². The molecule has 0 saturated carbocycles. The normalized spacial score (nSPS) is 11.4. The molecule has 1 atom stereocenters. The number of anilines is 1. The van der Waals surface area contributed by atoms with Crippen molar-refractivity contribution in [2.24, 2.45) is 5.73 Å². The van der Waals surface area contributed by atoms with Crippen LogP contribution in [0.2, 0.25) is 0 Å². The van der Waals surface area contributed by atoms with E-state index in [0.717, 1.165) is 0 Å². The van der Waals surface area contributed by atoms with Crippen molar-refractivity contribution in [3.8, 4) is 5.75 Å². The Morgan fingerprint density at radius 1 is 1.21 bits per heavy atom. The summed E-state index contributed by atoms with van der Waals surface area (Å²) in [5.74, 6) is -0.835. The van der Waals surface area contributed by atoms with Crippen molar-refractivity contribution in [2.75, 3.05) is 5.73 Å². The predicted octanol–water partition coefficient (Wildman–Crippen LogP) is 1.39. The fourth-order valence-electron chi connectivity index (χ4n) is 2.39. The van der Waals surface area contributed by atoms with E-state index in [9.17, 15) is 14.0 Å². The van der Waals surface area contributed by atoms with Crippen LogP contribution in [0.25, 0.3) is 0 Å². The minimum atomic E-state index is -1.08. The topological polar surface area (TPSA) is 119 Å². The third-order valence-electron chi connectivity index (χ3n) is 3.72. The molecule has 2 rings (SSSR count). The van der Waals surface area contributed by atoms with Gasteiger partial charge >= 0.3 is 0 Å². The lowest BCUT2D eigenvalue weighted by molar-refractivity contribution is -0.126. The smallest absolute Gasteiger partial charge is 0.249 e. The van der Waals surface area contributed by atoms with E-state index in [4.69, 9.17) is 28.4 Å². The van der Waals surface area contributed by atoms with Crippen molar-refractivity contribution < 1.29 is 18.7 Å². The van der Waals surface area contributed by atoms with Gasteiger partial charge in [-0.15, -0.1) is 0 Å². The summed E-state index contributed by atoms with van der Waals surface area (Å²) in [6.45, 7) is 1.60. The Morgan fingerprint density at radius 2 is 1.96 bits per heavy atom. The number of thiocarbonyl (C=S) groups is 1. The molecule has 2 amide bonds. The number of nitrogens with one attached hydrogen (secondary N) is 2. The molecule has 0 aromatic heterocycles. The number of halogens is 1. The molecule has 0 spiro atoms. The summed E-state index contributed by atoms with van der Waals surface area (Å²) in [4.78, 5) is 23.2. The quantitative estimate of drug-likeness (QED) is 0.390. The Bertz CT molecular complexity index is 891. The van der Waals surface area contributed by atoms with E-state index in [1.807, 2.05) is 0 Å². The van der Waals surface area contributed by atoms with Crippen molar-refractivity contribution in [2.45, 2.75) is 26.1 Å². The first kappa shape index (κ1) is 21.1. The molecule has 1 unspecified atom stereocenters. The Kier molecular flexibility index (Phi) is 7.28. The molecule has 0 aliphatic heterocycles. The Hall–Kier alpha value is -3.20. The molecule has 148 valence electrons. The van der Waals surface area contributed by atoms with Gasteiger partial charge < -0.3 is 26.8 Å². The molecule has 2 aromatic carbocycles. The van der Waals surface area contributed by atoms with Crippen LogP contribution < -0.4 is 26.8 Å². The number of hydrogen-bond acceptors (Lipinski definition) is 5. The maximum atomic E-state index is 13.2. The van der Waals surface area contributed by atoms with Crippen LogP contribution >= 0.6 is 12.2 Å². The highest BCUT2D eigenvalue weighted by Crippen LogP contribution is 2.23. The van der Waals surface area contributed by atoms with Crippen LogP contribution in [-0.2, 0) is 22.7 Å². The van der Waals surface area contributed by atoms with Gasteiger partial charge in [-0.05, 0) is 35.4 Å². The molecule has 0 radical (unpaired) electrons. The zero-order valence-electron chi connectivity index (χ0n) is 15.2. The Morgan fingerprint density at radius 3 is 2.57 bits per heavy atom. The average molecular weight is 404 g/mol. The van der Waals surface area contributed by atoms with Crippen molar-refractivity contribution in [1.82, 2.24) is 10.6 Å². The molecule has 2 aromatic rings. The lowest BCUT2D eigenvalue weighted by atomic mass is 10.1. The van der Waals surface area contributed by atoms with Crippen LogP contribution in [0.15, 0.2) is 42.5 Å². The van der Waals surface area contributed by atoms with Crippen molar-refractivity contribution in [3.63, 3.8) is 0 Å². The highest BCUT2D eigenvalue weighted by molar-refractivity contribution is 7.80. The Balaban J connectivity index is 1.95. The van der Waals surface area contributed by atoms with Crippen LogP contribution in [0, 0.1) is 5.82 Å². The second-order valence-corrected chi connectivity index (χ2v) is 6.52. The molecule has 0 aliphatic rings. The molecule has 0 fully saturated rings. The minimum Gasteiger partial charge on any atom is -0.487 e. The summed E-state index contributed by atoms with van der Waals surface area (Å²) < 4.78 is 18.8. The largest absolute Gasteiger partial charge is 0.487 e. The number of carbonyl (C=O) groups is 2. The first-order valence-corrected chi connectivity index (χ1v) is 8.77. The summed E-state index contributed by atoms with van der Waals surface area (Å²) in [6.07, 6.45) is 0. The number of nitrogens with two attached hydrogens (primary N) is 2. The van der Waals surface area contributed by atoms with E-state index >= 15 is 0 Å². The number of benzene rings is 2. The van der Waals surface area contributed by atoms with Gasteiger partial charge in [0.05, 0.1) is 5.69 Å². The molecular weight excluding hydrogens is 383 g/mol. The van der Waals surface area contributed by atoms with E-state index < -0.39 is 17.9 Å². The van der Waals surface area contributed by atoms with Gasteiger partial charge in [-0.25, -0.2) is 4.39 Å². The van der Waals surface area contributed by atoms with E-state index in [2.05, 4.69) is 10.6 Å². The van der Waals surface area contributed by atoms with Gasteiger partial charge in [-0.1, -0.05) is 30.4 Å². The zero-order chi connectivity index (χ0) is 20.7. The van der Waals surface area contributed by atoms with E-state index in [1.54, 1.807) is 30.3 Å². The third-order valence-corrected chi connectivity index (χ3v) is 3.95. The maximum Gasteiger partial charge on any atom is 0.249 e. The molecule has 0 aliphatic carbocycles. The first-order chi connectivity index (χ1) is 13.3. The van der Waals surface area contributed by atoms with Gasteiger partial charge in [-0.2, -0.15) is 0 Å². The van der Waals surface area contributed by atoms with Crippen LogP contribution in [0.5, 0.6) is 5.75 Å². The van der Waals surface area contributed by atoms with Crippen molar-refractivity contribution >= 4 is 34.7 Å². The number of carbonyl (C=O) groups excluding carboxylic acids is 2. The molecule has 6 N–H and O–H groups in total. The standard InChI is InChI=1S/C19H21FN4O3S/c1-11(25)24-17(18(22)28)19(26)23-9-12-5-6-16(15(21)8-12)27-10-13-3-2-4-14(20)7-13/h2-8,17H,9-10,21H2,1H3,(H2,22,28)(H,23,26)(H,24,25). The number of nitrogen functional groups attached to an aromatic ring is 1. The lowest BCUT2D eigenvalue weighted by Gasteiger charge is -2.16. The highest BCUT2D eigenvalue weighted by Gasteiger charge is 2.21. The second kappa shape index (κ2) is 9.65.